The summed E-state index contributed by atoms with van der Waals surface area (Å²) in [6.07, 6.45) is 1.38. The Bertz CT molecular complexity index is 206. The van der Waals surface area contributed by atoms with E-state index in [9.17, 15) is 4.79 Å². The van der Waals surface area contributed by atoms with Crippen LogP contribution in [0.15, 0.2) is 16.9 Å². The van der Waals surface area contributed by atoms with Gasteiger partial charge in [0.15, 0.2) is 0 Å². The smallest absolute Gasteiger partial charge is 0.222 e. The van der Waals surface area contributed by atoms with Crippen molar-refractivity contribution in [2.75, 3.05) is 0 Å². The Balaban J connectivity index is 4.11. The van der Waals surface area contributed by atoms with Crippen LogP contribution in [-0.4, -0.2) is 11.7 Å². The van der Waals surface area contributed by atoms with Gasteiger partial charge in [-0.05, 0) is 13.8 Å². The van der Waals surface area contributed by atoms with Crippen LogP contribution < -0.4 is 11.1 Å². The predicted octanol–water partition coefficient (Wildman–Crippen LogP) is 0.361. The number of nitrogens with zero attached hydrogens (tertiary/aromatic N) is 1. The maximum Gasteiger partial charge on any atom is 0.222 e. The summed E-state index contributed by atoms with van der Waals surface area (Å²) in [5.74, 6) is 0.424. The van der Waals surface area contributed by atoms with E-state index in [4.69, 9.17) is 5.73 Å². The molecule has 0 aliphatic carbocycles. The molecule has 0 fully saturated rings. The third-order valence-corrected chi connectivity index (χ3v) is 0.942. The van der Waals surface area contributed by atoms with Gasteiger partial charge in [-0.3, -0.25) is 4.79 Å². The number of amidine groups is 1. The summed E-state index contributed by atoms with van der Waals surface area (Å²) in [6.45, 7) is 4.89. The van der Waals surface area contributed by atoms with Crippen molar-refractivity contribution in [1.82, 2.24) is 5.32 Å². The highest BCUT2D eigenvalue weighted by Gasteiger charge is 1.92. The van der Waals surface area contributed by atoms with Crippen molar-refractivity contribution >= 4 is 11.7 Å². The van der Waals surface area contributed by atoms with Crippen LogP contribution in [0.5, 0.6) is 0 Å². The molecule has 4 heteroatoms. The zero-order valence-electron chi connectivity index (χ0n) is 7.01. The molecule has 4 nitrogen and oxygen atoms in total. The van der Waals surface area contributed by atoms with Gasteiger partial charge in [-0.1, -0.05) is 0 Å². The van der Waals surface area contributed by atoms with Crippen molar-refractivity contribution in [3.8, 4) is 0 Å². The fourth-order valence-electron chi connectivity index (χ4n) is 0.585. The van der Waals surface area contributed by atoms with E-state index in [1.807, 2.05) is 0 Å². The molecule has 3 N–H and O–H groups in total. The quantitative estimate of drug-likeness (QED) is 0.424. The molecule has 0 saturated carbocycles. The molecular formula is C7H13N3O. The van der Waals surface area contributed by atoms with E-state index in [-0.39, 0.29) is 5.91 Å². The molecule has 11 heavy (non-hydrogen) atoms. The van der Waals surface area contributed by atoms with Gasteiger partial charge in [0.05, 0.1) is 5.70 Å². The summed E-state index contributed by atoms with van der Waals surface area (Å²) < 4.78 is 0. The Morgan fingerprint density at radius 3 is 2.36 bits per heavy atom. The van der Waals surface area contributed by atoms with E-state index < -0.39 is 0 Å². The number of aliphatic imine (C=N–C) groups is 1. The second kappa shape index (κ2) is 4.49. The lowest BCUT2D eigenvalue weighted by Crippen LogP contribution is -2.25. The zero-order chi connectivity index (χ0) is 8.85. The third-order valence-electron chi connectivity index (χ3n) is 0.942. The highest BCUT2D eigenvalue weighted by molar-refractivity contribution is 5.96. The van der Waals surface area contributed by atoms with Gasteiger partial charge < -0.3 is 11.1 Å². The molecule has 62 valence electrons. The van der Waals surface area contributed by atoms with Crippen molar-refractivity contribution in [2.24, 2.45) is 10.7 Å². The minimum absolute atomic E-state index is 0.129. The summed E-state index contributed by atoms with van der Waals surface area (Å²) in [4.78, 5) is 14.4. The van der Waals surface area contributed by atoms with E-state index in [0.717, 1.165) is 0 Å². The topological polar surface area (TPSA) is 67.5 Å². The molecular weight excluding hydrogens is 142 g/mol. The van der Waals surface area contributed by atoms with Gasteiger partial charge in [0, 0.05) is 13.1 Å². The van der Waals surface area contributed by atoms with Crippen molar-refractivity contribution in [2.45, 2.75) is 20.8 Å². The number of hydrogen-bond donors (Lipinski definition) is 2. The number of nitrogens with two attached hydrogens (primary N) is 1. The Kier molecular flexibility index (Phi) is 3.95. The monoisotopic (exact) mass is 155 g/mol. The molecule has 0 radical (unpaired) electrons. The summed E-state index contributed by atoms with van der Waals surface area (Å²) in [7, 11) is 0. The Hall–Kier alpha value is -1.32. The molecule has 0 aromatic rings. The van der Waals surface area contributed by atoms with Crippen molar-refractivity contribution in [3.05, 3.63) is 11.9 Å². The van der Waals surface area contributed by atoms with Gasteiger partial charge in [-0.25, -0.2) is 4.99 Å². The average Bonchev–Trinajstić information content (AvgIpc) is 1.85. The third kappa shape index (κ3) is 5.14. The Morgan fingerprint density at radius 2 is 2.00 bits per heavy atom. The first kappa shape index (κ1) is 9.68. The number of allylic oxidation sites excluding steroid dienone is 1. The number of amides is 1. The molecule has 0 saturated heterocycles. The van der Waals surface area contributed by atoms with Crippen LogP contribution in [-0.2, 0) is 4.79 Å². The number of carbonyl (C=O) groups is 1. The predicted molar refractivity (Wildman–Crippen MR) is 44.9 cm³/mol. The number of nitrogens with one attached hydrogen (secondary N) is 1. The first-order valence-corrected chi connectivity index (χ1v) is 3.27. The Morgan fingerprint density at radius 1 is 1.45 bits per heavy atom. The molecule has 0 aliphatic rings. The summed E-state index contributed by atoms with van der Waals surface area (Å²) >= 11 is 0. The van der Waals surface area contributed by atoms with Crippen LogP contribution in [0.2, 0.25) is 0 Å². The van der Waals surface area contributed by atoms with Crippen LogP contribution in [0.25, 0.3) is 0 Å². The summed E-state index contributed by atoms with van der Waals surface area (Å²) in [6, 6.07) is 0. The van der Waals surface area contributed by atoms with E-state index in [2.05, 4.69) is 10.3 Å². The van der Waals surface area contributed by atoms with E-state index in [0.29, 0.717) is 11.5 Å². The molecule has 1 amide bonds. The number of hydrogen-bond acceptors (Lipinski definition) is 3. The summed E-state index contributed by atoms with van der Waals surface area (Å²) in [5.41, 5.74) is 5.85. The first-order valence-electron chi connectivity index (χ1n) is 3.27. The molecule has 0 aromatic heterocycles. The van der Waals surface area contributed by atoms with Gasteiger partial charge in [0.25, 0.3) is 0 Å². The maximum atomic E-state index is 10.5. The lowest BCUT2D eigenvalue weighted by atomic mass is 10.5. The largest absolute Gasteiger partial charge is 0.403 e. The zero-order valence-corrected chi connectivity index (χ0v) is 7.01. The second-order valence-electron chi connectivity index (χ2n) is 2.19. The fraction of sp³-hybridized carbons (Fsp3) is 0.429. The standard InChI is InChI=1S/C7H13N3O/c1-5(4-8)9-6(2)10-7(3)11/h4H,8H2,1-3H3,(H,9,10,11)/b5-4-. The lowest BCUT2D eigenvalue weighted by Gasteiger charge is -1.99. The number of rotatable bonds is 1. The van der Waals surface area contributed by atoms with Crippen LogP contribution in [0.1, 0.15) is 20.8 Å². The average molecular weight is 155 g/mol. The fourth-order valence-corrected chi connectivity index (χ4v) is 0.585. The van der Waals surface area contributed by atoms with Crippen LogP contribution in [0.4, 0.5) is 0 Å². The Labute approximate surface area is 66.2 Å². The summed E-state index contributed by atoms with van der Waals surface area (Å²) in [5, 5.41) is 2.52. The molecule has 0 aliphatic heterocycles. The number of carbonyl (C=O) groups excluding carboxylic acids is 1. The first-order chi connectivity index (χ1) is 5.06. The minimum Gasteiger partial charge on any atom is -0.403 e. The van der Waals surface area contributed by atoms with Gasteiger partial charge in [-0.15, -0.1) is 0 Å². The van der Waals surface area contributed by atoms with Crippen LogP contribution in [0.3, 0.4) is 0 Å². The van der Waals surface area contributed by atoms with Crippen LogP contribution in [0, 0.1) is 0 Å². The van der Waals surface area contributed by atoms with E-state index in [1.54, 1.807) is 13.8 Å². The van der Waals surface area contributed by atoms with Crippen molar-refractivity contribution < 1.29 is 4.79 Å². The van der Waals surface area contributed by atoms with Crippen molar-refractivity contribution in [3.63, 3.8) is 0 Å². The van der Waals surface area contributed by atoms with Gasteiger partial charge >= 0.3 is 0 Å². The molecule has 0 unspecified atom stereocenters. The van der Waals surface area contributed by atoms with E-state index in [1.165, 1.54) is 13.1 Å². The molecule has 0 atom stereocenters. The molecule has 0 bridgehead atoms. The van der Waals surface area contributed by atoms with Crippen molar-refractivity contribution in [1.29, 1.82) is 0 Å². The van der Waals surface area contributed by atoms with Crippen LogP contribution >= 0.6 is 0 Å². The second-order valence-corrected chi connectivity index (χ2v) is 2.19. The molecule has 0 aromatic carbocycles. The highest BCUT2D eigenvalue weighted by atomic mass is 16.1. The lowest BCUT2D eigenvalue weighted by molar-refractivity contribution is -0.117. The minimum atomic E-state index is -0.129. The molecule has 0 spiro atoms. The molecule has 0 heterocycles. The van der Waals surface area contributed by atoms with Gasteiger partial charge in [-0.2, -0.15) is 0 Å². The molecule has 0 rings (SSSR count). The SMILES string of the molecule is CC(=O)N/C(C)=N/C(C)=C\N. The van der Waals surface area contributed by atoms with Gasteiger partial charge in [0.1, 0.15) is 5.84 Å². The normalized spacial score (nSPS) is 13.0. The highest BCUT2D eigenvalue weighted by Crippen LogP contribution is 1.90. The van der Waals surface area contributed by atoms with E-state index >= 15 is 0 Å². The maximum absolute atomic E-state index is 10.5. The van der Waals surface area contributed by atoms with Gasteiger partial charge in [0.2, 0.25) is 5.91 Å².